The first-order chi connectivity index (χ1) is 9.30. The first-order valence-corrected chi connectivity index (χ1v) is 12.8. The largest absolute Gasteiger partial charge is 0.327 e. The van der Waals surface area contributed by atoms with Crippen LogP contribution in [-0.2, 0) is 4.52 Å². The molecule has 2 heterocycles. The van der Waals surface area contributed by atoms with Crippen molar-refractivity contribution in [1.82, 2.24) is 4.67 Å². The molecule has 5 heteroatoms. The Kier molecular flexibility index (Phi) is 5.63. The lowest BCUT2D eigenvalue weighted by atomic mass is 10.1. The quantitative estimate of drug-likeness (QED) is 0.451. The summed E-state index contributed by atoms with van der Waals surface area (Å²) < 4.78 is 8.67. The highest BCUT2D eigenvalue weighted by molar-refractivity contribution is 7.78. The molecular weight excluding hydrogens is 305 g/mol. The second-order valence-corrected chi connectivity index (χ2v) is 15.7. The number of fused-ring (bicyclic) bond motifs is 1. The van der Waals surface area contributed by atoms with Crippen LogP contribution in [0.2, 0.25) is 22.7 Å². The Bertz CT molecular complexity index is 318. The fourth-order valence-electron chi connectivity index (χ4n) is 4.82. The average Bonchev–Trinajstić information content (AvgIpc) is 2.90. The van der Waals surface area contributed by atoms with E-state index in [-0.39, 0.29) is 0 Å². The SMILES string of the molecule is CC(C)[Si](C[C@H]1OP(Cl)N2CCC[C@@H]12)(C(C)C)C(C)C. The van der Waals surface area contributed by atoms with Gasteiger partial charge in [-0.15, -0.1) is 0 Å². The fraction of sp³-hybridized carbons (Fsp3) is 1.00. The number of hydrogen-bond acceptors (Lipinski definition) is 2. The highest BCUT2D eigenvalue weighted by atomic mass is 35.7. The summed E-state index contributed by atoms with van der Waals surface area (Å²) in [6.45, 7) is 15.8. The van der Waals surface area contributed by atoms with Crippen molar-refractivity contribution < 1.29 is 4.52 Å². The predicted octanol–water partition coefficient (Wildman–Crippen LogP) is 5.99. The molecule has 118 valence electrons. The monoisotopic (exact) mass is 335 g/mol. The van der Waals surface area contributed by atoms with Crippen molar-refractivity contribution in [3.63, 3.8) is 0 Å². The van der Waals surface area contributed by atoms with Crippen LogP contribution >= 0.6 is 18.9 Å². The van der Waals surface area contributed by atoms with Crippen LogP contribution < -0.4 is 0 Å². The molecule has 0 aromatic rings. The molecule has 0 radical (unpaired) electrons. The predicted molar refractivity (Wildman–Crippen MR) is 93.2 cm³/mol. The molecule has 0 aromatic heterocycles. The summed E-state index contributed by atoms with van der Waals surface area (Å²) in [5, 5.41) is 0. The summed E-state index contributed by atoms with van der Waals surface area (Å²) in [5.41, 5.74) is 2.43. The number of rotatable bonds is 5. The topological polar surface area (TPSA) is 12.5 Å². The van der Waals surface area contributed by atoms with Gasteiger partial charge in [0.15, 0.2) is 0 Å². The molecule has 0 aliphatic carbocycles. The van der Waals surface area contributed by atoms with Gasteiger partial charge in [-0.3, -0.25) is 0 Å². The zero-order valence-electron chi connectivity index (χ0n) is 13.9. The van der Waals surface area contributed by atoms with E-state index >= 15 is 0 Å². The van der Waals surface area contributed by atoms with E-state index in [2.05, 4.69) is 46.2 Å². The zero-order chi connectivity index (χ0) is 15.1. The summed E-state index contributed by atoms with van der Waals surface area (Å²) in [6, 6.07) is 1.91. The zero-order valence-corrected chi connectivity index (χ0v) is 16.5. The Morgan fingerprint density at radius 3 is 2.20 bits per heavy atom. The van der Waals surface area contributed by atoms with E-state index < -0.39 is 15.7 Å². The van der Waals surface area contributed by atoms with Gasteiger partial charge in [-0.1, -0.05) is 58.2 Å². The van der Waals surface area contributed by atoms with Crippen molar-refractivity contribution in [2.45, 2.75) is 89.2 Å². The first kappa shape index (κ1) is 17.2. The summed E-state index contributed by atoms with van der Waals surface area (Å²) in [7, 11) is -2.21. The van der Waals surface area contributed by atoms with E-state index in [0.29, 0.717) is 12.1 Å². The van der Waals surface area contributed by atoms with Gasteiger partial charge in [-0.05, 0) is 30.1 Å². The lowest BCUT2D eigenvalue weighted by Gasteiger charge is -2.45. The summed E-state index contributed by atoms with van der Waals surface area (Å²) >= 11 is 6.46. The third-order valence-corrected chi connectivity index (χ3v) is 15.6. The molecule has 0 N–H and O–H groups in total. The molecule has 3 atom stereocenters. The molecule has 2 aliphatic heterocycles. The highest BCUT2D eigenvalue weighted by Crippen LogP contribution is 2.60. The highest BCUT2D eigenvalue weighted by Gasteiger charge is 2.51. The molecule has 20 heavy (non-hydrogen) atoms. The van der Waals surface area contributed by atoms with E-state index in [9.17, 15) is 0 Å². The summed E-state index contributed by atoms with van der Waals surface area (Å²) in [6.07, 6.45) is 2.99. The van der Waals surface area contributed by atoms with Crippen molar-refractivity contribution in [2.75, 3.05) is 6.54 Å². The van der Waals surface area contributed by atoms with Gasteiger partial charge in [0.2, 0.25) is 7.65 Å². The average molecular weight is 336 g/mol. The Hall–Kier alpha value is 0.857. The van der Waals surface area contributed by atoms with E-state index in [4.69, 9.17) is 15.8 Å². The van der Waals surface area contributed by atoms with Crippen molar-refractivity contribution in [3.8, 4) is 0 Å². The maximum atomic E-state index is 6.46. The maximum absolute atomic E-state index is 6.46. The van der Waals surface area contributed by atoms with E-state index in [1.165, 1.54) is 18.9 Å². The second kappa shape index (κ2) is 6.54. The van der Waals surface area contributed by atoms with Gasteiger partial charge in [0.05, 0.1) is 14.2 Å². The Morgan fingerprint density at radius 1 is 1.15 bits per heavy atom. The van der Waals surface area contributed by atoms with E-state index in [1.54, 1.807) is 0 Å². The lowest BCUT2D eigenvalue weighted by molar-refractivity contribution is 0.228. The summed E-state index contributed by atoms with van der Waals surface area (Å²) in [4.78, 5) is 0. The van der Waals surface area contributed by atoms with Gasteiger partial charge in [-0.25, -0.2) is 4.67 Å². The molecular formula is C15H31ClNOPSi. The van der Waals surface area contributed by atoms with Crippen LogP contribution in [0, 0.1) is 0 Å². The standard InChI is InChI=1S/C15H31ClNOPSi/c1-11(2)20(12(3)4,13(5)6)10-15-14-8-7-9-17(14)19(16)18-15/h11-15H,7-10H2,1-6H3/t14-,15+,19?/m0/s1. The maximum Gasteiger partial charge on any atom is 0.207 e. The van der Waals surface area contributed by atoms with Crippen LogP contribution in [-0.4, -0.2) is 31.4 Å². The molecule has 2 nitrogen and oxygen atoms in total. The normalized spacial score (nSPS) is 31.8. The van der Waals surface area contributed by atoms with Crippen molar-refractivity contribution >= 4 is 27.0 Å². The molecule has 2 rings (SSSR count). The minimum absolute atomic E-state index is 0.403. The minimum Gasteiger partial charge on any atom is -0.327 e. The fourth-order valence-corrected chi connectivity index (χ4v) is 13.7. The van der Waals surface area contributed by atoms with Crippen molar-refractivity contribution in [1.29, 1.82) is 0 Å². The first-order valence-electron chi connectivity index (χ1n) is 8.20. The Labute approximate surface area is 132 Å². The van der Waals surface area contributed by atoms with E-state index in [0.717, 1.165) is 23.2 Å². The molecule has 0 bridgehead atoms. The smallest absolute Gasteiger partial charge is 0.207 e. The molecule has 2 saturated heterocycles. The van der Waals surface area contributed by atoms with Crippen LogP contribution in [0.1, 0.15) is 54.4 Å². The molecule has 0 aromatic carbocycles. The molecule has 2 fully saturated rings. The van der Waals surface area contributed by atoms with Crippen LogP contribution in [0.3, 0.4) is 0 Å². The minimum atomic E-state index is -1.38. The molecule has 0 saturated carbocycles. The van der Waals surface area contributed by atoms with Crippen LogP contribution in [0.25, 0.3) is 0 Å². The van der Waals surface area contributed by atoms with Crippen molar-refractivity contribution in [2.24, 2.45) is 0 Å². The van der Waals surface area contributed by atoms with Gasteiger partial charge in [0.25, 0.3) is 0 Å². The molecule has 0 amide bonds. The van der Waals surface area contributed by atoms with Crippen molar-refractivity contribution in [3.05, 3.63) is 0 Å². The Balaban J connectivity index is 2.20. The molecule has 2 aliphatic rings. The third kappa shape index (κ3) is 2.86. The lowest BCUT2D eigenvalue weighted by Crippen LogP contribution is -2.48. The van der Waals surface area contributed by atoms with Gasteiger partial charge >= 0.3 is 0 Å². The number of halogens is 1. The number of nitrogens with zero attached hydrogens (tertiary/aromatic N) is 1. The van der Waals surface area contributed by atoms with Crippen LogP contribution in [0.5, 0.6) is 0 Å². The van der Waals surface area contributed by atoms with Gasteiger partial charge in [0, 0.05) is 12.6 Å². The summed E-state index contributed by atoms with van der Waals surface area (Å²) in [5.74, 6) is 0. The van der Waals surface area contributed by atoms with Gasteiger partial charge in [-0.2, -0.15) is 0 Å². The Morgan fingerprint density at radius 2 is 1.70 bits per heavy atom. The molecule has 1 unspecified atom stereocenters. The number of hydrogen-bond donors (Lipinski definition) is 0. The van der Waals surface area contributed by atoms with E-state index in [1.807, 2.05) is 0 Å². The molecule has 0 spiro atoms. The van der Waals surface area contributed by atoms with Crippen LogP contribution in [0.4, 0.5) is 0 Å². The second-order valence-electron chi connectivity index (χ2n) is 7.52. The van der Waals surface area contributed by atoms with Gasteiger partial charge in [0.1, 0.15) is 0 Å². The third-order valence-electron chi connectivity index (χ3n) is 5.90. The van der Waals surface area contributed by atoms with Gasteiger partial charge < -0.3 is 4.52 Å². The van der Waals surface area contributed by atoms with Crippen LogP contribution in [0.15, 0.2) is 0 Å².